The van der Waals surface area contributed by atoms with E-state index < -0.39 is 11.7 Å². The fourth-order valence-corrected chi connectivity index (χ4v) is 3.49. The van der Waals surface area contributed by atoms with E-state index in [0.29, 0.717) is 17.0 Å². The van der Waals surface area contributed by atoms with Crippen LogP contribution in [0.15, 0.2) is 71.8 Å². The predicted octanol–water partition coefficient (Wildman–Crippen LogP) is 4.76. The molecule has 0 radical (unpaired) electrons. The van der Waals surface area contributed by atoms with Crippen molar-refractivity contribution >= 4 is 39.4 Å². The molecule has 0 fully saturated rings. The Hall–Kier alpha value is -4.37. The number of nitrogens with zero attached hydrogens (tertiary/aromatic N) is 3. The maximum atomic E-state index is 12.7. The minimum Gasteiger partial charge on any atom is -0.455 e. The third-order valence-electron chi connectivity index (χ3n) is 4.70. The van der Waals surface area contributed by atoms with E-state index in [1.54, 1.807) is 0 Å². The zero-order chi connectivity index (χ0) is 22.2. The van der Waals surface area contributed by atoms with Crippen molar-refractivity contribution in [2.45, 2.75) is 0 Å². The lowest BCUT2D eigenvalue weighted by atomic mass is 10.1. The maximum Gasteiger partial charge on any atom is 0.511 e. The van der Waals surface area contributed by atoms with Gasteiger partial charge in [-0.05, 0) is 23.6 Å². The summed E-state index contributed by atoms with van der Waals surface area (Å²) in [5.74, 6) is 0.971. The molecule has 5 rings (SSSR count). The van der Waals surface area contributed by atoms with Crippen LogP contribution in [0.4, 0.5) is 4.79 Å². The molecule has 0 saturated carbocycles. The van der Waals surface area contributed by atoms with Gasteiger partial charge in [-0.3, -0.25) is 9.78 Å². The summed E-state index contributed by atoms with van der Waals surface area (Å²) in [5, 5.41) is 15.1. The molecular formula is C22H13ClN4O5. The molecule has 2 aromatic heterocycles. The van der Waals surface area contributed by atoms with Crippen molar-refractivity contribution in [3.05, 3.63) is 82.4 Å². The molecule has 0 aliphatic carbocycles. The molecule has 3 aromatic carbocycles. The summed E-state index contributed by atoms with van der Waals surface area (Å²) < 4.78 is 11.8. The second kappa shape index (κ2) is 7.71. The van der Waals surface area contributed by atoms with Gasteiger partial charge < -0.3 is 14.6 Å². The first-order valence-corrected chi connectivity index (χ1v) is 9.71. The van der Waals surface area contributed by atoms with E-state index in [9.17, 15) is 9.59 Å². The minimum absolute atomic E-state index is 0.0166. The lowest BCUT2D eigenvalue weighted by Crippen LogP contribution is -2.14. The van der Waals surface area contributed by atoms with Crippen LogP contribution in [-0.4, -0.2) is 31.0 Å². The Kier molecular flexibility index (Phi) is 4.72. The molecule has 32 heavy (non-hydrogen) atoms. The predicted molar refractivity (Wildman–Crippen MR) is 117 cm³/mol. The normalized spacial score (nSPS) is 11.0. The van der Waals surface area contributed by atoms with Gasteiger partial charge >= 0.3 is 6.16 Å². The quantitative estimate of drug-likeness (QED) is 0.380. The Bertz CT molecular complexity index is 1550. The first kappa shape index (κ1) is 19.6. The number of aromatic amines is 1. The zero-order valence-corrected chi connectivity index (χ0v) is 16.9. The molecule has 2 N–H and O–H groups in total. The summed E-state index contributed by atoms with van der Waals surface area (Å²) in [6, 6.07) is 16.5. The van der Waals surface area contributed by atoms with Gasteiger partial charge in [0, 0.05) is 5.39 Å². The highest BCUT2D eigenvalue weighted by atomic mass is 35.5. The van der Waals surface area contributed by atoms with Crippen LogP contribution in [0.3, 0.4) is 0 Å². The number of carbonyl (C=O) groups is 1. The second-order valence-electron chi connectivity index (χ2n) is 6.76. The highest BCUT2D eigenvalue weighted by Gasteiger charge is 2.14. The molecule has 0 unspecified atom stereocenters. The van der Waals surface area contributed by atoms with Gasteiger partial charge in [-0.15, -0.1) is 0 Å². The number of H-pyrrole nitrogens is 1. The SMILES string of the molecule is O=C(O)Oc1cnn(-c2nc3cc(Cl)c(Oc4cccc5ccccc45)cc3c(=O)[nH]2)c1. The Morgan fingerprint density at radius 2 is 1.88 bits per heavy atom. The number of carboxylic acid groups (broad SMARTS) is 1. The molecule has 5 aromatic rings. The molecule has 10 heteroatoms. The van der Waals surface area contributed by atoms with Crippen LogP contribution >= 0.6 is 11.6 Å². The largest absolute Gasteiger partial charge is 0.511 e. The summed E-state index contributed by atoms with van der Waals surface area (Å²) in [5.41, 5.74) is -0.129. The van der Waals surface area contributed by atoms with E-state index in [2.05, 4.69) is 19.8 Å². The number of aromatic nitrogens is 4. The van der Waals surface area contributed by atoms with Crippen molar-refractivity contribution in [2.24, 2.45) is 0 Å². The average molecular weight is 449 g/mol. The molecule has 0 spiro atoms. The average Bonchev–Trinajstić information content (AvgIpc) is 3.22. The molecule has 158 valence electrons. The van der Waals surface area contributed by atoms with E-state index in [1.165, 1.54) is 29.2 Å². The van der Waals surface area contributed by atoms with Crippen LogP contribution < -0.4 is 15.0 Å². The molecular weight excluding hydrogens is 436 g/mol. The van der Waals surface area contributed by atoms with E-state index in [1.807, 2.05) is 42.5 Å². The van der Waals surface area contributed by atoms with Crippen molar-refractivity contribution in [1.82, 2.24) is 19.7 Å². The van der Waals surface area contributed by atoms with Crippen LogP contribution in [-0.2, 0) is 0 Å². The fraction of sp³-hybridized carbons (Fsp3) is 0. The van der Waals surface area contributed by atoms with Crippen LogP contribution in [0.2, 0.25) is 5.02 Å². The van der Waals surface area contributed by atoms with Crippen LogP contribution in [0.1, 0.15) is 0 Å². The fourth-order valence-electron chi connectivity index (χ4n) is 3.29. The van der Waals surface area contributed by atoms with E-state index in [-0.39, 0.29) is 22.1 Å². The number of nitrogens with one attached hydrogen (secondary N) is 1. The van der Waals surface area contributed by atoms with Crippen molar-refractivity contribution in [3.63, 3.8) is 0 Å². The van der Waals surface area contributed by atoms with Crippen LogP contribution in [0.25, 0.3) is 27.6 Å². The van der Waals surface area contributed by atoms with Crippen molar-refractivity contribution in [3.8, 4) is 23.2 Å². The molecule has 0 bridgehead atoms. The molecule has 0 aliphatic heterocycles. The van der Waals surface area contributed by atoms with Gasteiger partial charge in [-0.2, -0.15) is 5.10 Å². The number of fused-ring (bicyclic) bond motifs is 2. The van der Waals surface area contributed by atoms with Crippen molar-refractivity contribution < 1.29 is 19.4 Å². The third kappa shape index (κ3) is 3.61. The number of rotatable bonds is 4. The standard InChI is InChI=1S/C22H13ClN4O5/c23-16-9-17-15(8-19(16)32-18-7-3-5-12-4-1-2-6-14(12)18)20(28)26-21(25-17)27-11-13(10-24-27)31-22(29)30/h1-11H,(H,29,30)(H,25,26,28). The number of halogens is 1. The van der Waals surface area contributed by atoms with Gasteiger partial charge in [0.15, 0.2) is 5.75 Å². The van der Waals surface area contributed by atoms with Crippen molar-refractivity contribution in [2.75, 3.05) is 0 Å². The summed E-state index contributed by atoms with van der Waals surface area (Å²) in [7, 11) is 0. The first-order valence-electron chi connectivity index (χ1n) is 9.33. The van der Waals surface area contributed by atoms with Crippen LogP contribution in [0, 0.1) is 0 Å². The Morgan fingerprint density at radius 1 is 1.06 bits per heavy atom. The van der Waals surface area contributed by atoms with Gasteiger partial charge in [-0.25, -0.2) is 14.5 Å². The smallest absolute Gasteiger partial charge is 0.455 e. The van der Waals surface area contributed by atoms with E-state index in [4.69, 9.17) is 21.4 Å². The lowest BCUT2D eigenvalue weighted by Gasteiger charge is -2.11. The minimum atomic E-state index is -1.48. The molecule has 2 heterocycles. The summed E-state index contributed by atoms with van der Waals surface area (Å²) in [4.78, 5) is 30.3. The lowest BCUT2D eigenvalue weighted by molar-refractivity contribution is 0.144. The molecule has 0 aliphatic rings. The number of hydrogen-bond acceptors (Lipinski definition) is 6. The molecule has 0 saturated heterocycles. The Balaban J connectivity index is 1.54. The zero-order valence-electron chi connectivity index (χ0n) is 16.2. The summed E-state index contributed by atoms with van der Waals surface area (Å²) in [6.45, 7) is 0. The van der Waals surface area contributed by atoms with Gasteiger partial charge in [0.05, 0.1) is 28.3 Å². The maximum absolute atomic E-state index is 12.7. The second-order valence-corrected chi connectivity index (χ2v) is 7.16. The highest BCUT2D eigenvalue weighted by Crippen LogP contribution is 2.35. The van der Waals surface area contributed by atoms with Crippen LogP contribution in [0.5, 0.6) is 17.2 Å². The first-order chi connectivity index (χ1) is 15.5. The van der Waals surface area contributed by atoms with E-state index >= 15 is 0 Å². The third-order valence-corrected chi connectivity index (χ3v) is 4.99. The molecule has 0 atom stereocenters. The van der Waals surface area contributed by atoms with Crippen molar-refractivity contribution in [1.29, 1.82) is 0 Å². The number of hydrogen-bond donors (Lipinski definition) is 2. The van der Waals surface area contributed by atoms with Gasteiger partial charge in [-0.1, -0.05) is 48.0 Å². The Morgan fingerprint density at radius 3 is 2.72 bits per heavy atom. The Labute approximate surface area is 184 Å². The summed E-state index contributed by atoms with van der Waals surface area (Å²) >= 11 is 6.43. The number of benzene rings is 3. The molecule has 9 nitrogen and oxygen atoms in total. The van der Waals surface area contributed by atoms with Gasteiger partial charge in [0.1, 0.15) is 11.5 Å². The summed E-state index contributed by atoms with van der Waals surface area (Å²) in [6.07, 6.45) is 0.986. The highest BCUT2D eigenvalue weighted by molar-refractivity contribution is 6.32. The van der Waals surface area contributed by atoms with Gasteiger partial charge in [0.25, 0.3) is 5.56 Å². The molecule has 0 amide bonds. The monoisotopic (exact) mass is 448 g/mol. The van der Waals surface area contributed by atoms with E-state index in [0.717, 1.165) is 10.8 Å². The topological polar surface area (TPSA) is 119 Å². The van der Waals surface area contributed by atoms with Gasteiger partial charge in [0.2, 0.25) is 5.95 Å². The number of ether oxygens (including phenoxy) is 2.